The summed E-state index contributed by atoms with van der Waals surface area (Å²) in [5.41, 5.74) is 0.421. The second-order valence-corrected chi connectivity index (χ2v) is 4.32. The summed E-state index contributed by atoms with van der Waals surface area (Å²) in [5.74, 6) is 0.689. The molecule has 1 rings (SSSR count). The lowest BCUT2D eigenvalue weighted by molar-refractivity contribution is 0.00572. The lowest BCUT2D eigenvalue weighted by Crippen LogP contribution is -2.32. The topological polar surface area (TPSA) is 40.5 Å². The second-order valence-electron chi connectivity index (χ2n) is 4.32. The maximum Gasteiger partial charge on any atom is 0.0915 e. The quantitative estimate of drug-likeness (QED) is 0.634. The van der Waals surface area contributed by atoms with E-state index in [9.17, 15) is 10.2 Å². The van der Waals surface area contributed by atoms with E-state index in [-0.39, 0.29) is 5.92 Å². The van der Waals surface area contributed by atoms with Crippen molar-refractivity contribution < 1.29 is 10.2 Å². The smallest absolute Gasteiger partial charge is 0.0915 e. The van der Waals surface area contributed by atoms with E-state index in [1.54, 1.807) is 0 Å². The third-order valence-corrected chi connectivity index (χ3v) is 2.80. The predicted octanol–water partition coefficient (Wildman–Crippen LogP) is 2.39. The Labute approximate surface area is 73.9 Å². The summed E-state index contributed by atoms with van der Waals surface area (Å²) in [7, 11) is 0. The fourth-order valence-electron chi connectivity index (χ4n) is 1.65. The summed E-state index contributed by atoms with van der Waals surface area (Å²) in [6, 6.07) is 0. The summed E-state index contributed by atoms with van der Waals surface area (Å²) < 4.78 is 0. The minimum Gasteiger partial charge on any atom is -0.512 e. The highest BCUT2D eigenvalue weighted by Gasteiger charge is 2.30. The van der Waals surface area contributed by atoms with Crippen LogP contribution in [0.4, 0.5) is 0 Å². The maximum absolute atomic E-state index is 9.71. The molecule has 0 bridgehead atoms. The zero-order valence-corrected chi connectivity index (χ0v) is 8.09. The summed E-state index contributed by atoms with van der Waals surface area (Å²) >= 11 is 0. The van der Waals surface area contributed by atoms with Crippen molar-refractivity contribution in [2.75, 3.05) is 0 Å². The number of allylic oxidation sites excluding steroid dienone is 2. The van der Waals surface area contributed by atoms with Crippen LogP contribution in [0.3, 0.4) is 0 Å². The Balaban J connectivity index is 2.67. The molecule has 0 aromatic heterocycles. The minimum atomic E-state index is -0.658. The summed E-state index contributed by atoms with van der Waals surface area (Å²) in [5, 5.41) is 19.2. The van der Waals surface area contributed by atoms with Gasteiger partial charge in [0.25, 0.3) is 0 Å². The molecule has 0 aliphatic heterocycles. The average Bonchev–Trinajstić information content (AvgIpc) is 1.92. The molecular formula is C10H18O2. The zero-order chi connectivity index (χ0) is 9.35. The van der Waals surface area contributed by atoms with Crippen molar-refractivity contribution in [3.05, 3.63) is 11.3 Å². The van der Waals surface area contributed by atoms with Gasteiger partial charge in [0.1, 0.15) is 0 Å². The molecular weight excluding hydrogens is 152 g/mol. The zero-order valence-electron chi connectivity index (χ0n) is 8.09. The lowest BCUT2D eigenvalue weighted by Gasteiger charge is -2.32. The molecule has 1 aliphatic rings. The van der Waals surface area contributed by atoms with Crippen molar-refractivity contribution in [1.29, 1.82) is 0 Å². The molecule has 1 atom stereocenters. The Morgan fingerprint density at radius 3 is 2.42 bits per heavy atom. The third kappa shape index (κ3) is 2.01. The van der Waals surface area contributed by atoms with Gasteiger partial charge in [0.05, 0.1) is 11.4 Å². The number of hydrogen-bond donors (Lipinski definition) is 2. The van der Waals surface area contributed by atoms with Crippen LogP contribution in [-0.4, -0.2) is 15.8 Å². The Morgan fingerprint density at radius 1 is 1.42 bits per heavy atom. The van der Waals surface area contributed by atoms with Gasteiger partial charge >= 0.3 is 0 Å². The highest BCUT2D eigenvalue weighted by Crippen LogP contribution is 2.34. The van der Waals surface area contributed by atoms with Gasteiger partial charge in [0.2, 0.25) is 0 Å². The first-order valence-electron chi connectivity index (χ1n) is 4.51. The lowest BCUT2D eigenvalue weighted by atomic mass is 9.79. The molecule has 0 saturated carbocycles. The largest absolute Gasteiger partial charge is 0.512 e. The van der Waals surface area contributed by atoms with Gasteiger partial charge in [-0.05, 0) is 45.1 Å². The van der Waals surface area contributed by atoms with Gasteiger partial charge in [-0.25, -0.2) is 0 Å². The van der Waals surface area contributed by atoms with Gasteiger partial charge < -0.3 is 10.2 Å². The van der Waals surface area contributed by atoms with E-state index in [2.05, 4.69) is 0 Å². The molecule has 0 heterocycles. The number of aliphatic hydroxyl groups is 2. The van der Waals surface area contributed by atoms with Crippen LogP contribution >= 0.6 is 0 Å². The summed E-state index contributed by atoms with van der Waals surface area (Å²) in [6.45, 7) is 5.58. The Kier molecular flexibility index (Phi) is 2.47. The highest BCUT2D eigenvalue weighted by molar-refractivity contribution is 5.10. The van der Waals surface area contributed by atoms with Gasteiger partial charge in [-0.15, -0.1) is 0 Å². The van der Waals surface area contributed by atoms with Gasteiger partial charge in [0.15, 0.2) is 0 Å². The fourth-order valence-corrected chi connectivity index (χ4v) is 1.65. The Hall–Kier alpha value is -0.500. The van der Waals surface area contributed by atoms with Crippen LogP contribution in [-0.2, 0) is 0 Å². The average molecular weight is 170 g/mol. The first kappa shape index (κ1) is 9.59. The van der Waals surface area contributed by atoms with Gasteiger partial charge in [-0.2, -0.15) is 0 Å². The van der Waals surface area contributed by atoms with E-state index in [1.807, 2.05) is 20.8 Å². The molecule has 1 unspecified atom stereocenters. The van der Waals surface area contributed by atoms with Crippen molar-refractivity contribution >= 4 is 0 Å². The molecule has 0 saturated heterocycles. The molecule has 0 amide bonds. The van der Waals surface area contributed by atoms with Crippen LogP contribution in [0.25, 0.3) is 0 Å². The molecule has 1 aliphatic carbocycles. The van der Waals surface area contributed by atoms with Gasteiger partial charge in [-0.3, -0.25) is 0 Å². The monoisotopic (exact) mass is 170 g/mol. The van der Waals surface area contributed by atoms with Crippen LogP contribution in [0, 0.1) is 5.92 Å². The maximum atomic E-state index is 9.71. The van der Waals surface area contributed by atoms with E-state index in [4.69, 9.17) is 0 Å². The van der Waals surface area contributed by atoms with Crippen LogP contribution in [0.15, 0.2) is 11.3 Å². The Morgan fingerprint density at radius 2 is 2.00 bits per heavy atom. The number of rotatable bonds is 1. The molecule has 0 spiro atoms. The molecule has 70 valence electrons. The first-order chi connectivity index (χ1) is 5.41. The van der Waals surface area contributed by atoms with Crippen molar-refractivity contribution in [3.63, 3.8) is 0 Å². The molecule has 0 radical (unpaired) electrons. The molecule has 0 aromatic rings. The van der Waals surface area contributed by atoms with E-state index in [1.165, 1.54) is 0 Å². The number of aliphatic hydroxyl groups excluding tert-OH is 1. The predicted molar refractivity (Wildman–Crippen MR) is 49.0 cm³/mol. The molecule has 2 nitrogen and oxygen atoms in total. The molecule has 2 N–H and O–H groups in total. The first-order valence-corrected chi connectivity index (χ1v) is 4.51. The van der Waals surface area contributed by atoms with Crippen LogP contribution in [0.2, 0.25) is 0 Å². The van der Waals surface area contributed by atoms with Gasteiger partial charge in [0, 0.05) is 6.42 Å². The molecule has 0 fully saturated rings. The normalized spacial score (nSPS) is 26.2. The van der Waals surface area contributed by atoms with E-state index in [0.717, 1.165) is 18.4 Å². The number of hydrogen-bond acceptors (Lipinski definition) is 2. The van der Waals surface area contributed by atoms with Gasteiger partial charge in [-0.1, -0.05) is 0 Å². The fraction of sp³-hybridized carbons (Fsp3) is 0.800. The molecule has 0 aromatic carbocycles. The second kappa shape index (κ2) is 3.09. The van der Waals surface area contributed by atoms with E-state index >= 15 is 0 Å². The standard InChI is InChI=1S/C10H18O2/c1-7-4-5-8(6-9(7)11)10(2,3)12/h8,11-12H,4-6H2,1-3H3. The minimum absolute atomic E-state index is 0.209. The molecule has 2 heteroatoms. The summed E-state index contributed by atoms with van der Waals surface area (Å²) in [4.78, 5) is 0. The van der Waals surface area contributed by atoms with Crippen LogP contribution in [0.5, 0.6) is 0 Å². The Bertz CT molecular complexity index is 198. The summed E-state index contributed by atoms with van der Waals surface area (Å²) in [6.07, 6.45) is 2.54. The van der Waals surface area contributed by atoms with Crippen molar-refractivity contribution in [1.82, 2.24) is 0 Å². The van der Waals surface area contributed by atoms with Crippen molar-refractivity contribution in [3.8, 4) is 0 Å². The third-order valence-electron chi connectivity index (χ3n) is 2.80. The van der Waals surface area contributed by atoms with E-state index < -0.39 is 5.60 Å². The molecule has 12 heavy (non-hydrogen) atoms. The van der Waals surface area contributed by atoms with Crippen molar-refractivity contribution in [2.24, 2.45) is 5.92 Å². The highest BCUT2D eigenvalue weighted by atomic mass is 16.3. The van der Waals surface area contributed by atoms with Crippen LogP contribution < -0.4 is 0 Å². The van der Waals surface area contributed by atoms with Crippen molar-refractivity contribution in [2.45, 2.75) is 45.6 Å². The SMILES string of the molecule is CC1=C(O)CC(C(C)(C)O)CC1. The van der Waals surface area contributed by atoms with Crippen LogP contribution in [0.1, 0.15) is 40.0 Å². The van der Waals surface area contributed by atoms with E-state index in [0.29, 0.717) is 12.2 Å².